The topological polar surface area (TPSA) is 40.6 Å². The van der Waals surface area contributed by atoms with Gasteiger partial charge in [-0.15, -0.1) is 0 Å². The standard InChI is InChI=1S/C16H22Cl2N2O2S/c17-14-5-6-15(18)16(11-14)23(21,22)20-9-7-19(8-10-20)12-13-3-1-2-4-13/h5-6,11,13H,1-4,7-10,12H2. The molecule has 1 aliphatic heterocycles. The van der Waals surface area contributed by atoms with Crippen molar-refractivity contribution in [3.63, 3.8) is 0 Å². The molecule has 0 aromatic heterocycles. The van der Waals surface area contributed by atoms with Gasteiger partial charge in [-0.1, -0.05) is 36.0 Å². The number of rotatable bonds is 4. The first-order valence-electron chi connectivity index (χ1n) is 8.14. The van der Waals surface area contributed by atoms with Crippen molar-refractivity contribution in [2.45, 2.75) is 30.6 Å². The molecule has 0 amide bonds. The van der Waals surface area contributed by atoms with Crippen molar-refractivity contribution < 1.29 is 8.42 Å². The van der Waals surface area contributed by atoms with Crippen LogP contribution in [0.3, 0.4) is 0 Å². The summed E-state index contributed by atoms with van der Waals surface area (Å²) in [6.07, 6.45) is 5.31. The van der Waals surface area contributed by atoms with Gasteiger partial charge >= 0.3 is 0 Å². The lowest BCUT2D eigenvalue weighted by molar-refractivity contribution is 0.165. The molecule has 0 atom stereocenters. The third-order valence-corrected chi connectivity index (χ3v) is 7.45. The minimum atomic E-state index is -3.58. The first-order chi connectivity index (χ1) is 11.0. The fourth-order valence-corrected chi connectivity index (χ4v) is 5.68. The van der Waals surface area contributed by atoms with Gasteiger partial charge < -0.3 is 4.90 Å². The molecule has 1 saturated heterocycles. The maximum absolute atomic E-state index is 12.8. The van der Waals surface area contributed by atoms with Crippen LogP contribution in [0.1, 0.15) is 25.7 Å². The van der Waals surface area contributed by atoms with E-state index in [-0.39, 0.29) is 9.92 Å². The Kier molecular flexibility index (Phi) is 5.53. The maximum atomic E-state index is 12.8. The lowest BCUT2D eigenvalue weighted by atomic mass is 10.1. The van der Waals surface area contributed by atoms with Crippen molar-refractivity contribution in [1.29, 1.82) is 0 Å². The van der Waals surface area contributed by atoms with E-state index in [0.29, 0.717) is 18.1 Å². The normalized spacial score (nSPS) is 21.8. The van der Waals surface area contributed by atoms with E-state index in [4.69, 9.17) is 23.2 Å². The molecule has 2 aliphatic rings. The van der Waals surface area contributed by atoms with Crippen molar-refractivity contribution in [3.05, 3.63) is 28.2 Å². The highest BCUT2D eigenvalue weighted by Gasteiger charge is 2.31. The van der Waals surface area contributed by atoms with Gasteiger partial charge in [0.15, 0.2) is 0 Å². The second-order valence-corrected chi connectivity index (χ2v) is 9.18. The number of hydrogen-bond donors (Lipinski definition) is 0. The van der Waals surface area contributed by atoms with Gasteiger partial charge in [0.1, 0.15) is 4.90 Å². The van der Waals surface area contributed by atoms with Gasteiger partial charge in [0.05, 0.1) is 5.02 Å². The van der Waals surface area contributed by atoms with Crippen molar-refractivity contribution in [1.82, 2.24) is 9.21 Å². The minimum absolute atomic E-state index is 0.107. The molecule has 0 N–H and O–H groups in total. The number of nitrogens with zero attached hydrogens (tertiary/aromatic N) is 2. The molecular weight excluding hydrogens is 355 g/mol. The van der Waals surface area contributed by atoms with Gasteiger partial charge in [0.2, 0.25) is 10.0 Å². The maximum Gasteiger partial charge on any atom is 0.244 e. The second-order valence-electron chi connectivity index (χ2n) is 6.43. The quantitative estimate of drug-likeness (QED) is 0.807. The number of hydrogen-bond acceptors (Lipinski definition) is 3. The molecular formula is C16H22Cl2N2O2S. The molecule has 1 saturated carbocycles. The highest BCUT2D eigenvalue weighted by molar-refractivity contribution is 7.89. The lowest BCUT2D eigenvalue weighted by Crippen LogP contribution is -2.49. The van der Waals surface area contributed by atoms with Crippen LogP contribution in [0, 0.1) is 5.92 Å². The number of benzene rings is 1. The van der Waals surface area contributed by atoms with Crippen LogP contribution in [-0.2, 0) is 10.0 Å². The lowest BCUT2D eigenvalue weighted by Gasteiger charge is -2.35. The fourth-order valence-electron chi connectivity index (χ4n) is 3.52. The first kappa shape index (κ1) is 17.5. The van der Waals surface area contributed by atoms with Crippen LogP contribution < -0.4 is 0 Å². The fraction of sp³-hybridized carbons (Fsp3) is 0.625. The summed E-state index contributed by atoms with van der Waals surface area (Å²) in [4.78, 5) is 2.50. The van der Waals surface area contributed by atoms with Crippen molar-refractivity contribution in [2.75, 3.05) is 32.7 Å². The SMILES string of the molecule is O=S(=O)(c1cc(Cl)ccc1Cl)N1CCN(CC2CCCC2)CC1. The van der Waals surface area contributed by atoms with E-state index in [1.165, 1.54) is 42.1 Å². The Morgan fingerprint density at radius 2 is 1.70 bits per heavy atom. The number of piperazine rings is 1. The Balaban J connectivity index is 1.65. The summed E-state index contributed by atoms with van der Waals surface area (Å²) in [5.41, 5.74) is 0. The summed E-state index contributed by atoms with van der Waals surface area (Å²) >= 11 is 12.0. The molecule has 0 unspecified atom stereocenters. The van der Waals surface area contributed by atoms with Crippen LogP contribution in [-0.4, -0.2) is 50.3 Å². The second kappa shape index (κ2) is 7.28. The van der Waals surface area contributed by atoms with Gasteiger partial charge in [-0.2, -0.15) is 4.31 Å². The summed E-state index contributed by atoms with van der Waals surface area (Å²) in [6, 6.07) is 4.57. The zero-order valence-corrected chi connectivity index (χ0v) is 15.4. The van der Waals surface area contributed by atoms with Gasteiger partial charge in [-0.05, 0) is 37.0 Å². The van der Waals surface area contributed by atoms with Crippen LogP contribution >= 0.6 is 23.2 Å². The Morgan fingerprint density at radius 3 is 2.35 bits per heavy atom. The summed E-state index contributed by atoms with van der Waals surface area (Å²) < 4.78 is 27.1. The van der Waals surface area contributed by atoms with E-state index in [0.717, 1.165) is 25.6 Å². The van der Waals surface area contributed by atoms with Crippen LogP contribution in [0.5, 0.6) is 0 Å². The molecule has 1 heterocycles. The monoisotopic (exact) mass is 376 g/mol. The average molecular weight is 377 g/mol. The molecule has 0 spiro atoms. The Bertz CT molecular complexity index is 652. The Morgan fingerprint density at radius 1 is 1.04 bits per heavy atom. The third-order valence-electron chi connectivity index (χ3n) is 4.83. The first-order valence-corrected chi connectivity index (χ1v) is 10.3. The number of sulfonamides is 1. The Hall–Kier alpha value is -0.330. The molecule has 7 heteroatoms. The third kappa shape index (κ3) is 4.02. The zero-order valence-electron chi connectivity index (χ0n) is 13.0. The van der Waals surface area contributed by atoms with E-state index < -0.39 is 10.0 Å². The molecule has 0 radical (unpaired) electrons. The van der Waals surface area contributed by atoms with Crippen molar-refractivity contribution in [3.8, 4) is 0 Å². The highest BCUT2D eigenvalue weighted by Crippen LogP contribution is 2.29. The van der Waals surface area contributed by atoms with E-state index in [1.54, 1.807) is 6.07 Å². The van der Waals surface area contributed by atoms with Crippen molar-refractivity contribution >= 4 is 33.2 Å². The molecule has 1 aromatic carbocycles. The molecule has 23 heavy (non-hydrogen) atoms. The molecule has 1 aliphatic carbocycles. The van der Waals surface area contributed by atoms with Crippen molar-refractivity contribution in [2.24, 2.45) is 5.92 Å². The summed E-state index contributed by atoms with van der Waals surface area (Å²) in [6.45, 7) is 3.70. The zero-order chi connectivity index (χ0) is 16.4. The molecule has 2 fully saturated rings. The summed E-state index contributed by atoms with van der Waals surface area (Å²) in [5.74, 6) is 0.792. The van der Waals surface area contributed by atoms with E-state index in [1.807, 2.05) is 0 Å². The summed E-state index contributed by atoms with van der Waals surface area (Å²) in [7, 11) is -3.58. The largest absolute Gasteiger partial charge is 0.300 e. The average Bonchev–Trinajstić information content (AvgIpc) is 3.03. The molecule has 3 rings (SSSR count). The van der Waals surface area contributed by atoms with E-state index in [2.05, 4.69) is 4.90 Å². The highest BCUT2D eigenvalue weighted by atomic mass is 35.5. The minimum Gasteiger partial charge on any atom is -0.300 e. The van der Waals surface area contributed by atoms with Gasteiger partial charge in [0.25, 0.3) is 0 Å². The van der Waals surface area contributed by atoms with Gasteiger partial charge in [-0.25, -0.2) is 8.42 Å². The predicted octanol–water partition coefficient (Wildman–Crippen LogP) is 3.49. The molecule has 4 nitrogen and oxygen atoms in total. The van der Waals surface area contributed by atoms with Gasteiger partial charge in [0, 0.05) is 37.7 Å². The van der Waals surface area contributed by atoms with Gasteiger partial charge in [-0.3, -0.25) is 0 Å². The smallest absolute Gasteiger partial charge is 0.244 e. The van der Waals surface area contributed by atoms with Crippen LogP contribution in [0.25, 0.3) is 0 Å². The van der Waals surface area contributed by atoms with E-state index >= 15 is 0 Å². The van der Waals surface area contributed by atoms with Crippen LogP contribution in [0.15, 0.2) is 23.1 Å². The molecule has 0 bridgehead atoms. The molecule has 1 aromatic rings. The van der Waals surface area contributed by atoms with Crippen LogP contribution in [0.2, 0.25) is 10.0 Å². The van der Waals surface area contributed by atoms with E-state index in [9.17, 15) is 8.42 Å². The predicted molar refractivity (Wildman–Crippen MR) is 93.6 cm³/mol. The Labute approximate surface area is 148 Å². The summed E-state index contributed by atoms with van der Waals surface area (Å²) in [5, 5.41) is 0.607. The number of halogens is 2. The van der Waals surface area contributed by atoms with Crippen LogP contribution in [0.4, 0.5) is 0 Å². The molecule has 128 valence electrons.